The maximum Gasteiger partial charge on any atom is 0.193 e. The van der Waals surface area contributed by atoms with E-state index in [1.54, 1.807) is 7.11 Å². The molecule has 22 heavy (non-hydrogen) atoms. The van der Waals surface area contributed by atoms with Crippen molar-refractivity contribution in [2.75, 3.05) is 27.2 Å². The lowest BCUT2D eigenvalue weighted by Crippen LogP contribution is -2.42. The number of aliphatic imine (C=N–C) groups is 1. The first-order valence-corrected chi connectivity index (χ1v) is 8.27. The third kappa shape index (κ3) is 3.27. The van der Waals surface area contributed by atoms with Crippen LogP contribution in [0.25, 0.3) is 0 Å². The van der Waals surface area contributed by atoms with Crippen molar-refractivity contribution in [1.29, 1.82) is 0 Å². The molecule has 1 aliphatic carbocycles. The highest BCUT2D eigenvalue weighted by Gasteiger charge is 2.43. The molecule has 1 saturated carbocycles. The van der Waals surface area contributed by atoms with Crippen molar-refractivity contribution in [3.63, 3.8) is 0 Å². The summed E-state index contributed by atoms with van der Waals surface area (Å²) in [7, 11) is 3.62. The minimum Gasteiger partial charge on any atom is -0.380 e. The largest absolute Gasteiger partial charge is 0.380 e. The summed E-state index contributed by atoms with van der Waals surface area (Å²) in [6.45, 7) is 3.80. The molecule has 0 radical (unpaired) electrons. The fraction of sp³-hybridized carbons (Fsp3) is 0.611. The standard InChI is InChI=1S/C18H27N3O/c1-19-17(21-10-9-18(14-21)7-4-8-18)20-12-15-5-3-6-16(11-15)13-22-2/h3,5-6,11H,4,7-10,12-14H2,1-2H3,(H,19,20). The summed E-state index contributed by atoms with van der Waals surface area (Å²) in [5, 5.41) is 3.52. The van der Waals surface area contributed by atoms with E-state index in [-0.39, 0.29) is 0 Å². The Bertz CT molecular complexity index is 537. The summed E-state index contributed by atoms with van der Waals surface area (Å²) < 4.78 is 5.20. The number of rotatable bonds is 4. The molecule has 1 spiro atoms. The number of hydrogen-bond acceptors (Lipinski definition) is 2. The lowest BCUT2D eigenvalue weighted by molar-refractivity contribution is 0.151. The van der Waals surface area contributed by atoms with Crippen LogP contribution in [0, 0.1) is 5.41 Å². The van der Waals surface area contributed by atoms with Gasteiger partial charge in [-0.1, -0.05) is 30.7 Å². The van der Waals surface area contributed by atoms with E-state index in [1.807, 2.05) is 7.05 Å². The molecule has 0 unspecified atom stereocenters. The fourth-order valence-electron chi connectivity index (χ4n) is 3.71. The van der Waals surface area contributed by atoms with Crippen LogP contribution in [0.3, 0.4) is 0 Å². The summed E-state index contributed by atoms with van der Waals surface area (Å²) in [6, 6.07) is 8.54. The number of guanidine groups is 1. The molecule has 4 nitrogen and oxygen atoms in total. The molecule has 0 amide bonds. The average Bonchev–Trinajstić information content (AvgIpc) is 2.94. The van der Waals surface area contributed by atoms with Crippen LogP contribution in [0.5, 0.6) is 0 Å². The molecule has 0 bridgehead atoms. The number of methoxy groups -OCH3 is 1. The van der Waals surface area contributed by atoms with E-state index < -0.39 is 0 Å². The number of hydrogen-bond donors (Lipinski definition) is 1. The van der Waals surface area contributed by atoms with E-state index in [2.05, 4.69) is 39.5 Å². The lowest BCUT2D eigenvalue weighted by Gasteiger charge is -2.38. The third-order valence-electron chi connectivity index (χ3n) is 5.12. The Morgan fingerprint density at radius 1 is 1.32 bits per heavy atom. The zero-order valence-electron chi connectivity index (χ0n) is 13.8. The molecule has 1 aliphatic heterocycles. The Hall–Kier alpha value is -1.55. The Balaban J connectivity index is 1.56. The average molecular weight is 301 g/mol. The van der Waals surface area contributed by atoms with Crippen molar-refractivity contribution in [2.24, 2.45) is 10.4 Å². The fourth-order valence-corrected chi connectivity index (χ4v) is 3.71. The first-order valence-electron chi connectivity index (χ1n) is 8.27. The summed E-state index contributed by atoms with van der Waals surface area (Å²) >= 11 is 0. The van der Waals surface area contributed by atoms with Gasteiger partial charge in [-0.2, -0.15) is 0 Å². The Morgan fingerprint density at radius 3 is 2.77 bits per heavy atom. The zero-order chi connectivity index (χ0) is 15.4. The van der Waals surface area contributed by atoms with Crippen molar-refractivity contribution < 1.29 is 4.74 Å². The van der Waals surface area contributed by atoms with Crippen molar-refractivity contribution in [1.82, 2.24) is 10.2 Å². The molecule has 120 valence electrons. The summed E-state index contributed by atoms with van der Waals surface area (Å²) in [4.78, 5) is 6.90. The van der Waals surface area contributed by atoms with Gasteiger partial charge in [-0.25, -0.2) is 0 Å². The molecule has 1 N–H and O–H groups in total. The van der Waals surface area contributed by atoms with Crippen LogP contribution in [-0.4, -0.2) is 38.1 Å². The predicted octanol–water partition coefficient (Wildman–Crippen LogP) is 2.78. The maximum atomic E-state index is 5.20. The zero-order valence-corrected chi connectivity index (χ0v) is 13.8. The number of likely N-dealkylation sites (tertiary alicyclic amines) is 1. The second-order valence-electron chi connectivity index (χ2n) is 6.68. The Kier molecular flexibility index (Phi) is 4.67. The van der Waals surface area contributed by atoms with Crippen LogP contribution in [0.1, 0.15) is 36.8 Å². The Labute approximate surface area is 133 Å². The van der Waals surface area contributed by atoms with E-state index in [0.29, 0.717) is 12.0 Å². The molecular formula is C18H27N3O. The van der Waals surface area contributed by atoms with Gasteiger partial charge in [0.15, 0.2) is 5.96 Å². The summed E-state index contributed by atoms with van der Waals surface area (Å²) in [5.74, 6) is 1.04. The highest BCUT2D eigenvalue weighted by molar-refractivity contribution is 5.80. The van der Waals surface area contributed by atoms with Gasteiger partial charge in [0.1, 0.15) is 0 Å². The molecule has 3 rings (SSSR count). The molecule has 2 fully saturated rings. The van der Waals surface area contributed by atoms with Gasteiger partial charge in [-0.15, -0.1) is 0 Å². The predicted molar refractivity (Wildman–Crippen MR) is 89.8 cm³/mol. The van der Waals surface area contributed by atoms with Crippen LogP contribution in [0.4, 0.5) is 0 Å². The van der Waals surface area contributed by atoms with Crippen LogP contribution in [0.15, 0.2) is 29.3 Å². The van der Waals surface area contributed by atoms with Crippen molar-refractivity contribution in [3.05, 3.63) is 35.4 Å². The van der Waals surface area contributed by atoms with Crippen LogP contribution >= 0.6 is 0 Å². The smallest absolute Gasteiger partial charge is 0.193 e. The van der Waals surface area contributed by atoms with Crippen LogP contribution in [0.2, 0.25) is 0 Å². The first-order chi connectivity index (χ1) is 10.7. The quantitative estimate of drug-likeness (QED) is 0.686. The van der Waals surface area contributed by atoms with Crippen molar-refractivity contribution in [3.8, 4) is 0 Å². The summed E-state index contributed by atoms with van der Waals surface area (Å²) in [6.07, 6.45) is 5.54. The first kappa shape index (κ1) is 15.3. The van der Waals surface area contributed by atoms with E-state index in [0.717, 1.165) is 19.0 Å². The van der Waals surface area contributed by atoms with E-state index in [1.165, 1.54) is 43.4 Å². The molecule has 2 aliphatic rings. The van der Waals surface area contributed by atoms with Gasteiger partial charge in [0, 0.05) is 33.8 Å². The number of nitrogens with one attached hydrogen (secondary N) is 1. The van der Waals surface area contributed by atoms with Gasteiger partial charge < -0.3 is 15.0 Å². The number of ether oxygens (including phenoxy) is 1. The highest BCUT2D eigenvalue weighted by Crippen LogP contribution is 2.47. The van der Waals surface area contributed by atoms with Gasteiger partial charge in [0.05, 0.1) is 6.61 Å². The molecule has 0 atom stereocenters. The van der Waals surface area contributed by atoms with Gasteiger partial charge in [-0.3, -0.25) is 4.99 Å². The maximum absolute atomic E-state index is 5.20. The number of benzene rings is 1. The van der Waals surface area contributed by atoms with Gasteiger partial charge in [0.25, 0.3) is 0 Å². The molecule has 1 saturated heterocycles. The van der Waals surface area contributed by atoms with Crippen molar-refractivity contribution >= 4 is 5.96 Å². The molecule has 4 heteroatoms. The molecule has 1 heterocycles. The Morgan fingerprint density at radius 2 is 2.14 bits per heavy atom. The minimum absolute atomic E-state index is 0.607. The minimum atomic E-state index is 0.607. The molecule has 1 aromatic rings. The molecule has 1 aromatic carbocycles. The van der Waals surface area contributed by atoms with Crippen LogP contribution in [-0.2, 0) is 17.9 Å². The monoisotopic (exact) mass is 301 g/mol. The summed E-state index contributed by atoms with van der Waals surface area (Å²) in [5.41, 5.74) is 3.09. The van der Waals surface area contributed by atoms with Gasteiger partial charge >= 0.3 is 0 Å². The molecular weight excluding hydrogens is 274 g/mol. The third-order valence-corrected chi connectivity index (χ3v) is 5.12. The topological polar surface area (TPSA) is 36.9 Å². The van der Waals surface area contributed by atoms with Crippen LogP contribution < -0.4 is 5.32 Å². The van der Waals surface area contributed by atoms with E-state index in [4.69, 9.17) is 4.74 Å². The molecule has 0 aromatic heterocycles. The highest BCUT2D eigenvalue weighted by atomic mass is 16.5. The van der Waals surface area contributed by atoms with Gasteiger partial charge in [0.2, 0.25) is 0 Å². The SMILES string of the molecule is CN=C(NCc1cccc(COC)c1)N1CCC2(CCC2)C1. The van der Waals surface area contributed by atoms with E-state index in [9.17, 15) is 0 Å². The normalized spacial score (nSPS) is 20.3. The lowest BCUT2D eigenvalue weighted by atomic mass is 9.68. The second-order valence-corrected chi connectivity index (χ2v) is 6.68. The van der Waals surface area contributed by atoms with Crippen molar-refractivity contribution in [2.45, 2.75) is 38.8 Å². The second kappa shape index (κ2) is 6.69. The number of nitrogens with zero attached hydrogens (tertiary/aromatic N) is 2. The van der Waals surface area contributed by atoms with E-state index >= 15 is 0 Å². The van der Waals surface area contributed by atoms with Gasteiger partial charge in [-0.05, 0) is 35.8 Å².